The van der Waals surface area contributed by atoms with Crippen LogP contribution in [0.25, 0.3) is 0 Å². The molecule has 2 aromatic carbocycles. The summed E-state index contributed by atoms with van der Waals surface area (Å²) in [6.07, 6.45) is 0. The average molecular weight is 532 g/mol. The summed E-state index contributed by atoms with van der Waals surface area (Å²) in [6, 6.07) is 16.8. The third kappa shape index (κ3) is 7.06. The summed E-state index contributed by atoms with van der Waals surface area (Å²) in [5.74, 6) is 1.86. The maximum absolute atomic E-state index is 5.16. The van der Waals surface area contributed by atoms with Crippen LogP contribution in [0.2, 0.25) is 0 Å². The molecule has 0 bridgehead atoms. The van der Waals surface area contributed by atoms with E-state index < -0.39 is 0 Å². The number of hydrogen-bond acceptors (Lipinski definition) is 2. The van der Waals surface area contributed by atoms with Gasteiger partial charge in [0.15, 0.2) is 0 Å². The van der Waals surface area contributed by atoms with E-state index in [9.17, 15) is 0 Å². The summed E-state index contributed by atoms with van der Waals surface area (Å²) >= 11 is -0.0237. The van der Waals surface area contributed by atoms with Crippen LogP contribution < -0.4 is 9.47 Å². The Morgan fingerprint density at radius 1 is 0.667 bits per heavy atom. The van der Waals surface area contributed by atoms with E-state index in [1.54, 1.807) is 14.2 Å². The molecule has 0 aromatic heterocycles. The predicted molar refractivity (Wildman–Crippen MR) is 99.8 cm³/mol. The standard InChI is InChI=1S/C16H18O2Te.2BrH/c1-17-15-7-3-13(4-8-15)11-19-12-14-5-9-16(18-2)10-6-14;;/h3-10H,11-12H2,1-2H3;2*1H. The van der Waals surface area contributed by atoms with Gasteiger partial charge in [0.1, 0.15) is 0 Å². The summed E-state index contributed by atoms with van der Waals surface area (Å²) in [5.41, 5.74) is 2.83. The second-order valence-electron chi connectivity index (χ2n) is 4.19. The molecular formula is C16H20Br2O2Te. The molecule has 0 unspecified atom stereocenters. The first-order valence-corrected chi connectivity index (χ1v) is 9.45. The van der Waals surface area contributed by atoms with Gasteiger partial charge in [-0.3, -0.25) is 0 Å². The van der Waals surface area contributed by atoms with Crippen LogP contribution in [0.3, 0.4) is 0 Å². The van der Waals surface area contributed by atoms with Crippen LogP contribution in [0.4, 0.5) is 0 Å². The molecule has 0 fully saturated rings. The van der Waals surface area contributed by atoms with Crippen molar-refractivity contribution in [2.45, 2.75) is 8.94 Å². The Labute approximate surface area is 157 Å². The van der Waals surface area contributed by atoms with Crippen molar-refractivity contribution in [1.82, 2.24) is 0 Å². The molecule has 0 saturated carbocycles. The zero-order valence-electron chi connectivity index (χ0n) is 12.1. The van der Waals surface area contributed by atoms with Gasteiger partial charge in [-0.1, -0.05) is 0 Å². The summed E-state index contributed by atoms with van der Waals surface area (Å²) in [4.78, 5) is 0. The summed E-state index contributed by atoms with van der Waals surface area (Å²) < 4.78 is 12.8. The molecule has 0 N–H and O–H groups in total. The fourth-order valence-electron chi connectivity index (χ4n) is 1.73. The second kappa shape index (κ2) is 11.4. The molecule has 0 heterocycles. The van der Waals surface area contributed by atoms with E-state index in [4.69, 9.17) is 9.47 Å². The number of rotatable bonds is 6. The van der Waals surface area contributed by atoms with Gasteiger partial charge in [-0.15, -0.1) is 34.0 Å². The number of hydrogen-bond donors (Lipinski definition) is 0. The molecule has 2 aromatic rings. The van der Waals surface area contributed by atoms with Gasteiger partial charge in [0, 0.05) is 0 Å². The van der Waals surface area contributed by atoms with Gasteiger partial charge in [0.05, 0.1) is 0 Å². The number of methoxy groups -OCH3 is 2. The molecule has 116 valence electrons. The molecule has 2 nitrogen and oxygen atoms in total. The van der Waals surface area contributed by atoms with Gasteiger partial charge in [0.2, 0.25) is 0 Å². The molecule has 0 aliphatic carbocycles. The van der Waals surface area contributed by atoms with Gasteiger partial charge >= 0.3 is 125 Å². The van der Waals surface area contributed by atoms with Crippen molar-refractivity contribution in [2.24, 2.45) is 0 Å². The van der Waals surface area contributed by atoms with E-state index >= 15 is 0 Å². The zero-order valence-corrected chi connectivity index (χ0v) is 17.8. The Morgan fingerprint density at radius 3 is 1.29 bits per heavy atom. The van der Waals surface area contributed by atoms with Crippen molar-refractivity contribution in [3.8, 4) is 11.5 Å². The Kier molecular flexibility index (Phi) is 11.3. The normalized spacial score (nSPS) is 9.24. The average Bonchev–Trinajstić information content (AvgIpc) is 2.49. The molecule has 2 rings (SSSR count). The Bertz CT molecular complexity index is 453. The van der Waals surface area contributed by atoms with Crippen molar-refractivity contribution >= 4 is 54.9 Å². The summed E-state index contributed by atoms with van der Waals surface area (Å²) in [6.45, 7) is 0. The quantitative estimate of drug-likeness (QED) is 0.519. The van der Waals surface area contributed by atoms with Crippen LogP contribution in [-0.2, 0) is 8.94 Å². The molecule has 21 heavy (non-hydrogen) atoms. The van der Waals surface area contributed by atoms with Crippen LogP contribution in [-0.4, -0.2) is 35.1 Å². The van der Waals surface area contributed by atoms with Crippen LogP contribution in [0.15, 0.2) is 48.5 Å². The van der Waals surface area contributed by atoms with Crippen LogP contribution >= 0.6 is 34.0 Å². The molecule has 0 amide bonds. The van der Waals surface area contributed by atoms with E-state index in [-0.39, 0.29) is 54.9 Å². The molecule has 0 atom stereocenters. The van der Waals surface area contributed by atoms with Gasteiger partial charge in [0.25, 0.3) is 0 Å². The minimum absolute atomic E-state index is 0. The molecule has 0 saturated heterocycles. The van der Waals surface area contributed by atoms with E-state index in [1.165, 1.54) is 20.1 Å². The van der Waals surface area contributed by atoms with Gasteiger partial charge < -0.3 is 0 Å². The van der Waals surface area contributed by atoms with E-state index in [2.05, 4.69) is 24.3 Å². The van der Waals surface area contributed by atoms with Crippen LogP contribution in [0, 0.1) is 0 Å². The van der Waals surface area contributed by atoms with Crippen molar-refractivity contribution in [3.63, 3.8) is 0 Å². The Morgan fingerprint density at radius 2 is 1.00 bits per heavy atom. The zero-order chi connectivity index (χ0) is 13.5. The Balaban J connectivity index is 0.00000200. The predicted octanol–water partition coefficient (Wildman–Crippen LogP) is 4.26. The van der Waals surface area contributed by atoms with E-state index in [0.29, 0.717) is 0 Å². The van der Waals surface area contributed by atoms with E-state index in [0.717, 1.165) is 11.5 Å². The topological polar surface area (TPSA) is 18.5 Å². The van der Waals surface area contributed by atoms with Crippen molar-refractivity contribution in [2.75, 3.05) is 14.2 Å². The first-order valence-electron chi connectivity index (χ1n) is 6.15. The molecule has 0 radical (unpaired) electrons. The van der Waals surface area contributed by atoms with Gasteiger partial charge in [-0.25, -0.2) is 0 Å². The number of halogens is 2. The fraction of sp³-hybridized carbons (Fsp3) is 0.250. The SMILES string of the molecule is Br.Br.COc1ccc(C[Te]Cc2ccc(OC)cc2)cc1. The first-order chi connectivity index (χ1) is 9.31. The van der Waals surface area contributed by atoms with Gasteiger partial charge in [-0.05, 0) is 0 Å². The monoisotopic (exact) mass is 532 g/mol. The second-order valence-corrected chi connectivity index (χ2v) is 7.00. The summed E-state index contributed by atoms with van der Waals surface area (Å²) in [7, 11) is 3.40. The first kappa shape index (κ1) is 20.8. The summed E-state index contributed by atoms with van der Waals surface area (Å²) in [5, 5.41) is 0. The number of benzene rings is 2. The molecular weight excluding hydrogens is 512 g/mol. The molecule has 0 aliphatic heterocycles. The molecule has 0 aliphatic rings. The van der Waals surface area contributed by atoms with Crippen molar-refractivity contribution in [1.29, 1.82) is 0 Å². The minimum atomic E-state index is -0.0237. The number of ether oxygens (including phenoxy) is 2. The van der Waals surface area contributed by atoms with E-state index in [1.807, 2.05) is 24.3 Å². The third-order valence-corrected chi connectivity index (χ3v) is 5.92. The van der Waals surface area contributed by atoms with Crippen molar-refractivity contribution in [3.05, 3.63) is 59.7 Å². The third-order valence-electron chi connectivity index (χ3n) is 2.86. The Hall–Kier alpha value is -0.210. The van der Waals surface area contributed by atoms with Crippen LogP contribution in [0.1, 0.15) is 11.1 Å². The fourth-order valence-corrected chi connectivity index (χ4v) is 4.47. The molecule has 5 heteroatoms. The van der Waals surface area contributed by atoms with Crippen molar-refractivity contribution < 1.29 is 9.47 Å². The molecule has 0 spiro atoms. The van der Waals surface area contributed by atoms with Gasteiger partial charge in [-0.2, -0.15) is 0 Å². The maximum atomic E-state index is 5.16. The van der Waals surface area contributed by atoms with Crippen LogP contribution in [0.5, 0.6) is 11.5 Å².